The number of nitrogens with two attached hydrogens (primary N) is 2. The van der Waals surface area contributed by atoms with Crippen LogP contribution in [0.4, 0.5) is 34.9 Å². The molecular formula is C110H122N24O14. The topological polar surface area (TPSA) is 493 Å². The van der Waals surface area contributed by atoms with Gasteiger partial charge in [-0.25, -0.2) is 29.9 Å². The number of ether oxygens (including phenoxy) is 3. The molecule has 0 spiro atoms. The van der Waals surface area contributed by atoms with Crippen LogP contribution in [-0.2, 0) is 35.5 Å². The van der Waals surface area contributed by atoms with Crippen molar-refractivity contribution in [1.82, 2.24) is 96.9 Å². The molecule has 0 saturated carbocycles. The minimum atomic E-state index is -0.734. The first-order chi connectivity index (χ1) is 71.3. The van der Waals surface area contributed by atoms with Crippen molar-refractivity contribution in [2.45, 2.75) is 152 Å². The average molecular weight is 2000 g/mol. The molecular weight excluding hydrogens is 1880 g/mol. The lowest BCUT2D eigenvalue weighted by Gasteiger charge is -2.30. The molecule has 20 rings (SSSR count). The maximum absolute atomic E-state index is 14.1. The van der Waals surface area contributed by atoms with Crippen molar-refractivity contribution in [2.75, 3.05) is 117 Å². The number of carbonyl (C=O) groups is 8. The van der Waals surface area contributed by atoms with Gasteiger partial charge in [-0.15, -0.1) is 0 Å². The van der Waals surface area contributed by atoms with Gasteiger partial charge < -0.3 is 102 Å². The highest BCUT2D eigenvalue weighted by atomic mass is 16.5. The summed E-state index contributed by atoms with van der Waals surface area (Å²) in [5.41, 5.74) is 24.1. The molecule has 148 heavy (non-hydrogen) atoms. The predicted molar refractivity (Wildman–Crippen MR) is 555 cm³/mol. The van der Waals surface area contributed by atoms with Crippen LogP contribution in [0.3, 0.4) is 0 Å². The quantitative estimate of drug-likeness (QED) is 0.0203. The molecule has 38 nitrogen and oxygen atoms in total. The van der Waals surface area contributed by atoms with Gasteiger partial charge in [-0.3, -0.25) is 43.3 Å². The van der Waals surface area contributed by atoms with Crippen LogP contribution in [0.2, 0.25) is 0 Å². The van der Waals surface area contributed by atoms with Crippen LogP contribution in [-0.4, -0.2) is 232 Å². The first-order valence-corrected chi connectivity index (χ1v) is 49.7. The molecule has 0 bridgehead atoms. The van der Waals surface area contributed by atoms with E-state index in [1.165, 1.54) is 12.0 Å². The van der Waals surface area contributed by atoms with Gasteiger partial charge in [0.05, 0.1) is 68.1 Å². The molecule has 766 valence electrons. The second-order valence-corrected chi connectivity index (χ2v) is 40.4. The lowest BCUT2D eigenvalue weighted by atomic mass is 9.74. The smallest absolute Gasteiger partial charge is 0.274 e. The Labute approximate surface area is 856 Å². The van der Waals surface area contributed by atoms with Gasteiger partial charge in [0.15, 0.2) is 34.4 Å². The molecule has 8 amide bonds. The third-order valence-electron chi connectivity index (χ3n) is 28.6. The summed E-state index contributed by atoms with van der Waals surface area (Å²) in [7, 11) is 10.9. The largest absolute Gasteiger partial charge is 0.495 e. The lowest BCUT2D eigenvalue weighted by Crippen LogP contribution is -2.43. The van der Waals surface area contributed by atoms with Crippen molar-refractivity contribution in [1.29, 1.82) is 0 Å². The summed E-state index contributed by atoms with van der Waals surface area (Å²) in [4.78, 5) is 143. The Morgan fingerprint density at radius 2 is 0.723 bits per heavy atom. The number of benzene rings is 7. The highest BCUT2D eigenvalue weighted by Gasteiger charge is 2.45. The summed E-state index contributed by atoms with van der Waals surface area (Å²) in [6.45, 7) is 18.5. The van der Waals surface area contributed by atoms with E-state index in [1.54, 1.807) is 112 Å². The number of amides is 8. The predicted octanol–water partition coefficient (Wildman–Crippen LogP) is 13.3. The number of anilines is 6. The summed E-state index contributed by atoms with van der Waals surface area (Å²) in [5.74, 6) is 0.989. The standard InChI is InChI=1S/C42H42N8O6.2C34H40N8O4/c1-42(2)21-29-34(38(52)45-32(24-10-6-5-7-11-24)23-50-39(53)27-12-8-9-13-28(27)40(50)54)48-56-36(29)35-30(42)22-43-41(47-35)46-31-15-14-25(20-33(31)55-4)37(51)44-26-16-18-49(3)19-17-26;1-34(2)17-23-28(32(44)38-26(18-35)20-8-6-5-7-9-20)41-46-30(23)29-24(34)19-36-33(40-29)39-25-11-10-21(16-27(25)45-4)31(43)37-22-12-14-42(3)15-13-22;1-34(2)17-23-28(32(44)36-19-25(35)20-8-6-5-7-9-20)41-46-30(23)29-24(34)18-37-33(40-29)39-26-11-10-21(16-27(26)45-4)31(43)38-22-12-14-42(3)15-13-22/h5-15,20,22,26,32H,16-19,21,23H2,1-4H3,(H,44,51)(H,45,52)(H,43,46,47);5-11,16,19,22,26H,12-15,17-18,35H2,1-4H3,(H,37,43)(H,38,44)(H,36,39,40);5-11,16,18,22,25H,12-15,17,19,35H2,1-4H3,(H,36,44)(H,38,43)(H,37,39,40)/t32-;26-;25-/m111/s1. The Morgan fingerprint density at radius 3 is 1.05 bits per heavy atom. The fraction of sp³-hybridized carbons (Fsp3) is 0.355. The van der Waals surface area contributed by atoms with Gasteiger partial charge in [-0.05, 0) is 218 Å². The molecule has 7 aliphatic rings. The van der Waals surface area contributed by atoms with Crippen molar-refractivity contribution in [2.24, 2.45) is 11.5 Å². The normalized spacial score (nSPS) is 16.6. The molecule has 3 atom stereocenters. The lowest BCUT2D eigenvalue weighted by molar-refractivity contribution is 0.0626. The Morgan fingerprint density at radius 1 is 0.412 bits per heavy atom. The van der Waals surface area contributed by atoms with Crippen LogP contribution in [0.5, 0.6) is 17.2 Å². The second-order valence-electron chi connectivity index (χ2n) is 40.4. The molecule has 6 aromatic heterocycles. The van der Waals surface area contributed by atoms with Crippen LogP contribution < -0.4 is 73.5 Å². The number of fused-ring (bicyclic) bond motifs is 10. The van der Waals surface area contributed by atoms with E-state index in [9.17, 15) is 38.4 Å². The molecule has 3 aliphatic carbocycles. The van der Waals surface area contributed by atoms with Crippen molar-refractivity contribution in [3.8, 4) is 51.6 Å². The number of hydrogen-bond donors (Lipinski definition) is 11. The fourth-order valence-electron chi connectivity index (χ4n) is 19.9. The van der Waals surface area contributed by atoms with Gasteiger partial charge in [0.2, 0.25) is 17.8 Å². The van der Waals surface area contributed by atoms with E-state index in [0.29, 0.717) is 150 Å². The summed E-state index contributed by atoms with van der Waals surface area (Å²) in [6, 6.07) is 49.7. The van der Waals surface area contributed by atoms with Crippen LogP contribution in [0.25, 0.3) is 34.4 Å². The zero-order valence-corrected chi connectivity index (χ0v) is 84.8. The Kier molecular flexibility index (Phi) is 30.1. The highest BCUT2D eigenvalue weighted by Crippen LogP contribution is 2.48. The van der Waals surface area contributed by atoms with E-state index in [1.807, 2.05) is 105 Å². The number of aromatic nitrogens is 9. The fourth-order valence-corrected chi connectivity index (χ4v) is 19.9. The molecule has 13 N–H and O–H groups in total. The number of piperidine rings is 3. The highest BCUT2D eigenvalue weighted by molar-refractivity contribution is 6.21. The first-order valence-electron chi connectivity index (χ1n) is 49.7. The van der Waals surface area contributed by atoms with Crippen LogP contribution in [0.1, 0.15) is 232 Å². The summed E-state index contributed by atoms with van der Waals surface area (Å²) >= 11 is 0. The average Bonchev–Trinajstić information content (AvgIpc) is 1.48. The van der Waals surface area contributed by atoms with E-state index in [4.69, 9.17) is 54.2 Å². The Hall–Kier alpha value is -16.0. The zero-order chi connectivity index (χ0) is 104. The Bertz CT molecular complexity index is 7100. The van der Waals surface area contributed by atoms with Crippen molar-refractivity contribution >= 4 is 82.2 Å². The number of imide groups is 1. The van der Waals surface area contributed by atoms with E-state index >= 15 is 0 Å². The number of nitrogens with one attached hydrogen (secondary N) is 9. The number of methoxy groups -OCH3 is 3. The monoisotopic (exact) mass is 2000 g/mol. The molecule has 4 aliphatic heterocycles. The molecule has 3 saturated heterocycles. The molecule has 0 unspecified atom stereocenters. The molecule has 13 aromatic rings. The summed E-state index contributed by atoms with van der Waals surface area (Å²) in [6.07, 6.45) is 12.2. The van der Waals surface area contributed by atoms with Crippen LogP contribution >= 0.6 is 0 Å². The van der Waals surface area contributed by atoms with Gasteiger partial charge in [0.1, 0.15) is 34.3 Å². The third kappa shape index (κ3) is 22.2. The van der Waals surface area contributed by atoms with Gasteiger partial charge >= 0.3 is 0 Å². The van der Waals surface area contributed by atoms with Gasteiger partial charge in [-0.2, -0.15) is 0 Å². The zero-order valence-electron chi connectivity index (χ0n) is 84.8. The van der Waals surface area contributed by atoms with E-state index < -0.39 is 34.6 Å². The molecule has 7 aromatic carbocycles. The van der Waals surface area contributed by atoms with Crippen molar-refractivity contribution in [3.63, 3.8) is 0 Å². The maximum Gasteiger partial charge on any atom is 0.274 e. The summed E-state index contributed by atoms with van der Waals surface area (Å²) in [5, 5.41) is 40.6. The number of likely N-dealkylation sites (tertiary alicyclic amines) is 3. The van der Waals surface area contributed by atoms with Crippen molar-refractivity contribution in [3.05, 3.63) is 283 Å². The summed E-state index contributed by atoms with van der Waals surface area (Å²) < 4.78 is 34.3. The Balaban J connectivity index is 0.000000146. The second kappa shape index (κ2) is 43.7. The van der Waals surface area contributed by atoms with E-state index in [2.05, 4.69) is 142 Å². The molecule has 38 heteroatoms. The maximum atomic E-state index is 14.1. The van der Waals surface area contributed by atoms with Gasteiger partial charge in [-0.1, -0.05) is 160 Å². The molecule has 3 fully saturated rings. The number of carbonyl (C=O) groups excluding carboxylic acids is 8. The van der Waals surface area contributed by atoms with Gasteiger partial charge in [0.25, 0.3) is 47.3 Å². The third-order valence-corrected chi connectivity index (χ3v) is 28.6. The van der Waals surface area contributed by atoms with Gasteiger partial charge in [0, 0.05) is 106 Å². The molecule has 10 heterocycles. The van der Waals surface area contributed by atoms with E-state index in [0.717, 1.165) is 106 Å². The minimum absolute atomic E-state index is 0.0772. The van der Waals surface area contributed by atoms with Crippen molar-refractivity contribution < 1.29 is 66.1 Å². The first kappa shape index (κ1) is 102. The molecule has 0 radical (unpaired) electrons. The number of rotatable bonds is 28. The SMILES string of the molecule is COc1cc(C(=O)NC2CCN(C)CC2)ccc1Nc1ncc2c(n1)-c1onc(C(=O)NC[C@@H](N)c3ccccc3)c1CC2(C)C.COc1cc(C(=O)NC2CCN(C)CC2)ccc1Nc1ncc2c(n1)-c1onc(C(=O)N[C@H](CN)c3ccccc3)c1CC2(C)C.COc1cc(C(=O)NC2CCN(C)CC2)ccc1Nc1ncc2c(n1)-c1onc(C(=O)N[C@H](CN3C(=O)c4ccccc4C3=O)c3ccccc3)c1CC2(C)C. The van der Waals surface area contributed by atoms with Crippen LogP contribution in [0.15, 0.2) is 202 Å². The van der Waals surface area contributed by atoms with E-state index in [-0.39, 0.29) is 108 Å². The number of nitrogens with zero attached hydrogens (tertiary/aromatic N) is 13. The number of hydrogen-bond acceptors (Lipinski definition) is 31. The van der Waals surface area contributed by atoms with Crippen LogP contribution in [0, 0.1) is 0 Å². The minimum Gasteiger partial charge on any atom is -0.495 e.